The quantitative estimate of drug-likeness (QED) is 0.761. The third-order valence-corrected chi connectivity index (χ3v) is 3.00. The van der Waals surface area contributed by atoms with Crippen molar-refractivity contribution < 1.29 is 0 Å². The first-order chi connectivity index (χ1) is 6.86. The Bertz CT molecular complexity index is 250. The van der Waals surface area contributed by atoms with E-state index in [-0.39, 0.29) is 0 Å². The topological polar surface area (TPSA) is 31.1 Å². The van der Waals surface area contributed by atoms with E-state index in [2.05, 4.69) is 28.3 Å². The third-order valence-electron chi connectivity index (χ3n) is 3.00. The SMILES string of the molecule is CN(CCC1CCCN1)c1cc[nH]c1. The fourth-order valence-electron chi connectivity index (χ4n) is 2.03. The van der Waals surface area contributed by atoms with Crippen molar-refractivity contribution in [1.82, 2.24) is 10.3 Å². The average molecular weight is 193 g/mol. The van der Waals surface area contributed by atoms with Gasteiger partial charge in [-0.05, 0) is 31.9 Å². The third kappa shape index (κ3) is 2.29. The second kappa shape index (κ2) is 4.51. The summed E-state index contributed by atoms with van der Waals surface area (Å²) in [6.07, 6.45) is 7.96. The first kappa shape index (κ1) is 9.59. The molecule has 0 amide bonds. The van der Waals surface area contributed by atoms with Gasteiger partial charge in [0.2, 0.25) is 0 Å². The monoisotopic (exact) mass is 193 g/mol. The molecular weight excluding hydrogens is 174 g/mol. The van der Waals surface area contributed by atoms with Gasteiger partial charge in [0.25, 0.3) is 0 Å². The van der Waals surface area contributed by atoms with Gasteiger partial charge in [-0.1, -0.05) is 0 Å². The number of aromatic nitrogens is 1. The Balaban J connectivity index is 1.74. The van der Waals surface area contributed by atoms with E-state index in [1.165, 1.54) is 31.5 Å². The summed E-state index contributed by atoms with van der Waals surface area (Å²) in [5, 5.41) is 3.52. The molecule has 0 saturated carbocycles. The molecule has 0 aliphatic carbocycles. The van der Waals surface area contributed by atoms with Crippen LogP contribution in [0.2, 0.25) is 0 Å². The number of hydrogen-bond acceptors (Lipinski definition) is 2. The van der Waals surface area contributed by atoms with Gasteiger partial charge < -0.3 is 15.2 Å². The van der Waals surface area contributed by atoms with Crippen LogP contribution in [-0.4, -0.2) is 31.2 Å². The van der Waals surface area contributed by atoms with Crippen LogP contribution < -0.4 is 10.2 Å². The second-order valence-electron chi connectivity index (χ2n) is 4.07. The van der Waals surface area contributed by atoms with Crippen LogP contribution in [0, 0.1) is 0 Å². The summed E-state index contributed by atoms with van der Waals surface area (Å²) in [4.78, 5) is 5.38. The Morgan fingerprint density at radius 2 is 2.50 bits per heavy atom. The normalized spacial score (nSPS) is 21.4. The van der Waals surface area contributed by atoms with Crippen LogP contribution in [0.25, 0.3) is 0 Å². The van der Waals surface area contributed by atoms with Gasteiger partial charge >= 0.3 is 0 Å². The largest absolute Gasteiger partial charge is 0.373 e. The zero-order valence-electron chi connectivity index (χ0n) is 8.79. The van der Waals surface area contributed by atoms with Crippen molar-refractivity contribution in [2.24, 2.45) is 0 Å². The maximum atomic E-state index is 3.52. The van der Waals surface area contributed by atoms with Crippen LogP contribution in [0.4, 0.5) is 5.69 Å². The van der Waals surface area contributed by atoms with Gasteiger partial charge in [-0.15, -0.1) is 0 Å². The van der Waals surface area contributed by atoms with Crippen molar-refractivity contribution in [2.75, 3.05) is 25.0 Å². The van der Waals surface area contributed by atoms with E-state index >= 15 is 0 Å². The molecule has 1 atom stereocenters. The molecule has 14 heavy (non-hydrogen) atoms. The predicted octanol–water partition coefficient (Wildman–Crippen LogP) is 1.59. The van der Waals surface area contributed by atoms with Gasteiger partial charge in [-0.2, -0.15) is 0 Å². The average Bonchev–Trinajstić information content (AvgIpc) is 2.87. The summed E-state index contributed by atoms with van der Waals surface area (Å²) in [7, 11) is 2.15. The molecule has 1 fully saturated rings. The molecule has 1 aromatic rings. The number of anilines is 1. The fourth-order valence-corrected chi connectivity index (χ4v) is 2.03. The maximum absolute atomic E-state index is 3.52. The lowest BCUT2D eigenvalue weighted by Gasteiger charge is -2.19. The standard InChI is InChI=1S/C11H19N3/c1-14(11-4-7-12-9-11)8-5-10-3-2-6-13-10/h4,7,9-10,12-13H,2-3,5-6,8H2,1H3. The van der Waals surface area contributed by atoms with E-state index in [0.717, 1.165) is 12.6 Å². The zero-order chi connectivity index (χ0) is 9.80. The summed E-state index contributed by atoms with van der Waals surface area (Å²) < 4.78 is 0. The van der Waals surface area contributed by atoms with Crippen LogP contribution in [0.15, 0.2) is 18.5 Å². The second-order valence-corrected chi connectivity index (χ2v) is 4.07. The van der Waals surface area contributed by atoms with E-state index in [9.17, 15) is 0 Å². The molecule has 0 radical (unpaired) electrons. The predicted molar refractivity (Wildman–Crippen MR) is 59.7 cm³/mol. The highest BCUT2D eigenvalue weighted by atomic mass is 15.1. The highest BCUT2D eigenvalue weighted by Crippen LogP contribution is 2.13. The molecule has 2 N–H and O–H groups in total. The van der Waals surface area contributed by atoms with Crippen LogP contribution in [0.1, 0.15) is 19.3 Å². The lowest BCUT2D eigenvalue weighted by Crippen LogP contribution is -2.28. The Morgan fingerprint density at radius 1 is 1.57 bits per heavy atom. The van der Waals surface area contributed by atoms with Gasteiger partial charge in [0.1, 0.15) is 0 Å². The minimum atomic E-state index is 0.747. The Labute approximate surface area is 85.5 Å². The van der Waals surface area contributed by atoms with E-state index in [1.54, 1.807) is 0 Å². The highest BCUT2D eigenvalue weighted by molar-refractivity contribution is 5.42. The molecule has 2 rings (SSSR count). The number of rotatable bonds is 4. The lowest BCUT2D eigenvalue weighted by atomic mass is 10.1. The maximum Gasteiger partial charge on any atom is 0.0541 e. The molecule has 1 saturated heterocycles. The van der Waals surface area contributed by atoms with E-state index < -0.39 is 0 Å². The van der Waals surface area contributed by atoms with Crippen molar-refractivity contribution in [2.45, 2.75) is 25.3 Å². The summed E-state index contributed by atoms with van der Waals surface area (Å²) in [6.45, 7) is 2.34. The Kier molecular flexibility index (Phi) is 3.09. The molecule has 3 nitrogen and oxygen atoms in total. The van der Waals surface area contributed by atoms with Gasteiger partial charge in [0.05, 0.1) is 5.69 Å². The molecular formula is C11H19N3. The molecule has 0 bridgehead atoms. The van der Waals surface area contributed by atoms with Crippen LogP contribution in [0.3, 0.4) is 0 Å². The van der Waals surface area contributed by atoms with Crippen molar-refractivity contribution in [3.63, 3.8) is 0 Å². The smallest absolute Gasteiger partial charge is 0.0541 e. The molecule has 1 aliphatic rings. The lowest BCUT2D eigenvalue weighted by molar-refractivity contribution is 0.559. The minimum Gasteiger partial charge on any atom is -0.373 e. The van der Waals surface area contributed by atoms with E-state index in [0.29, 0.717) is 0 Å². The molecule has 1 aliphatic heterocycles. The molecule has 2 heterocycles. The van der Waals surface area contributed by atoms with Gasteiger partial charge in [0.15, 0.2) is 0 Å². The van der Waals surface area contributed by atoms with Crippen molar-refractivity contribution in [1.29, 1.82) is 0 Å². The Hall–Kier alpha value is -0.960. The molecule has 0 aromatic carbocycles. The van der Waals surface area contributed by atoms with Crippen LogP contribution >= 0.6 is 0 Å². The van der Waals surface area contributed by atoms with E-state index in [4.69, 9.17) is 0 Å². The number of nitrogens with zero attached hydrogens (tertiary/aromatic N) is 1. The first-order valence-corrected chi connectivity index (χ1v) is 5.43. The molecule has 0 spiro atoms. The zero-order valence-corrected chi connectivity index (χ0v) is 8.79. The number of nitrogens with one attached hydrogen (secondary N) is 2. The van der Waals surface area contributed by atoms with Gasteiger partial charge in [-0.3, -0.25) is 0 Å². The number of aromatic amines is 1. The summed E-state index contributed by atoms with van der Waals surface area (Å²) in [6, 6.07) is 2.86. The molecule has 3 heteroatoms. The van der Waals surface area contributed by atoms with Crippen LogP contribution in [0.5, 0.6) is 0 Å². The summed E-state index contributed by atoms with van der Waals surface area (Å²) >= 11 is 0. The molecule has 78 valence electrons. The molecule has 1 unspecified atom stereocenters. The number of H-pyrrole nitrogens is 1. The fraction of sp³-hybridized carbons (Fsp3) is 0.636. The summed E-state index contributed by atoms with van der Waals surface area (Å²) in [5.74, 6) is 0. The van der Waals surface area contributed by atoms with Crippen molar-refractivity contribution in [3.8, 4) is 0 Å². The van der Waals surface area contributed by atoms with E-state index in [1.807, 2.05) is 12.4 Å². The van der Waals surface area contributed by atoms with Gasteiger partial charge in [0, 0.05) is 32.0 Å². The van der Waals surface area contributed by atoms with Gasteiger partial charge in [-0.25, -0.2) is 0 Å². The van der Waals surface area contributed by atoms with Crippen molar-refractivity contribution >= 4 is 5.69 Å². The summed E-state index contributed by atoms with van der Waals surface area (Å²) in [5.41, 5.74) is 1.28. The van der Waals surface area contributed by atoms with Crippen molar-refractivity contribution in [3.05, 3.63) is 18.5 Å². The minimum absolute atomic E-state index is 0.747. The number of hydrogen-bond donors (Lipinski definition) is 2. The van der Waals surface area contributed by atoms with Crippen LogP contribution in [-0.2, 0) is 0 Å². The first-order valence-electron chi connectivity index (χ1n) is 5.43. The molecule has 1 aromatic heterocycles. The highest BCUT2D eigenvalue weighted by Gasteiger charge is 2.14. The Morgan fingerprint density at radius 3 is 3.14 bits per heavy atom.